The minimum Gasteiger partial charge on any atom is -0.324 e. The summed E-state index contributed by atoms with van der Waals surface area (Å²) in [6.45, 7) is 1.93. The van der Waals surface area contributed by atoms with E-state index in [1.54, 1.807) is 17.1 Å². The van der Waals surface area contributed by atoms with Crippen molar-refractivity contribution in [1.82, 2.24) is 14.8 Å². The van der Waals surface area contributed by atoms with Gasteiger partial charge in [-0.2, -0.15) is 5.10 Å². The van der Waals surface area contributed by atoms with Crippen LogP contribution in [0.2, 0.25) is 0 Å². The third-order valence-corrected chi connectivity index (χ3v) is 2.03. The van der Waals surface area contributed by atoms with Gasteiger partial charge in [-0.1, -0.05) is 6.07 Å². The third kappa shape index (κ3) is 1.52. The van der Waals surface area contributed by atoms with Gasteiger partial charge in [0.25, 0.3) is 0 Å². The first-order valence-electron chi connectivity index (χ1n) is 4.49. The molecule has 72 valence electrons. The van der Waals surface area contributed by atoms with Gasteiger partial charge in [-0.25, -0.2) is 9.67 Å². The van der Waals surface area contributed by atoms with Crippen molar-refractivity contribution in [2.24, 2.45) is 5.73 Å². The van der Waals surface area contributed by atoms with E-state index in [9.17, 15) is 0 Å². The first-order valence-corrected chi connectivity index (χ1v) is 4.49. The molecule has 0 amide bonds. The zero-order valence-corrected chi connectivity index (χ0v) is 7.96. The van der Waals surface area contributed by atoms with Crippen molar-refractivity contribution < 1.29 is 0 Å². The van der Waals surface area contributed by atoms with Crippen LogP contribution in [0.25, 0.3) is 5.82 Å². The van der Waals surface area contributed by atoms with Crippen LogP contribution in [0.3, 0.4) is 0 Å². The molecule has 2 rings (SSSR count). The number of hydrogen-bond acceptors (Lipinski definition) is 3. The lowest BCUT2D eigenvalue weighted by molar-refractivity contribution is 0.761. The molecular weight excluding hydrogens is 176 g/mol. The molecule has 0 aromatic carbocycles. The minimum atomic E-state index is -0.0390. The summed E-state index contributed by atoms with van der Waals surface area (Å²) in [6, 6.07) is 5.67. The number of nitrogens with zero attached hydrogens (tertiary/aromatic N) is 3. The smallest absolute Gasteiger partial charge is 0.158 e. The van der Waals surface area contributed by atoms with Crippen LogP contribution in [0.1, 0.15) is 18.5 Å². The molecule has 2 aromatic heterocycles. The monoisotopic (exact) mass is 188 g/mol. The highest BCUT2D eigenvalue weighted by molar-refractivity contribution is 5.34. The van der Waals surface area contributed by atoms with Gasteiger partial charge in [-0.3, -0.25) is 0 Å². The Morgan fingerprint density at radius 2 is 2.21 bits per heavy atom. The topological polar surface area (TPSA) is 56.7 Å². The van der Waals surface area contributed by atoms with Crippen LogP contribution in [0.4, 0.5) is 0 Å². The molecule has 0 aliphatic carbocycles. The van der Waals surface area contributed by atoms with E-state index < -0.39 is 0 Å². The van der Waals surface area contributed by atoms with Gasteiger partial charge >= 0.3 is 0 Å². The van der Waals surface area contributed by atoms with Gasteiger partial charge in [0.05, 0.1) is 0 Å². The molecule has 0 aliphatic rings. The van der Waals surface area contributed by atoms with Gasteiger partial charge in [-0.15, -0.1) is 0 Å². The Kier molecular flexibility index (Phi) is 2.28. The highest BCUT2D eigenvalue weighted by atomic mass is 15.3. The van der Waals surface area contributed by atoms with E-state index in [1.165, 1.54) is 0 Å². The second kappa shape index (κ2) is 3.59. The first-order chi connectivity index (χ1) is 6.79. The second-order valence-electron chi connectivity index (χ2n) is 3.16. The fourth-order valence-electron chi connectivity index (χ4n) is 1.35. The summed E-state index contributed by atoms with van der Waals surface area (Å²) in [5, 5.41) is 4.13. The number of pyridine rings is 1. The first kappa shape index (κ1) is 8.90. The van der Waals surface area contributed by atoms with Gasteiger partial charge in [0.15, 0.2) is 5.82 Å². The molecule has 4 nitrogen and oxygen atoms in total. The molecule has 0 unspecified atom stereocenters. The minimum absolute atomic E-state index is 0.0390. The van der Waals surface area contributed by atoms with Crippen LogP contribution in [0.15, 0.2) is 36.8 Å². The SMILES string of the molecule is C[C@H](N)c1cccnc1-n1cccn1. The Labute approximate surface area is 82.4 Å². The van der Waals surface area contributed by atoms with Gasteiger partial charge in [0.1, 0.15) is 0 Å². The fraction of sp³-hybridized carbons (Fsp3) is 0.200. The maximum absolute atomic E-state index is 5.84. The third-order valence-electron chi connectivity index (χ3n) is 2.03. The highest BCUT2D eigenvalue weighted by Gasteiger charge is 2.08. The maximum atomic E-state index is 5.84. The lowest BCUT2D eigenvalue weighted by Gasteiger charge is -2.10. The van der Waals surface area contributed by atoms with Crippen molar-refractivity contribution in [2.75, 3.05) is 0 Å². The zero-order chi connectivity index (χ0) is 9.97. The van der Waals surface area contributed by atoms with E-state index in [4.69, 9.17) is 5.73 Å². The molecule has 0 radical (unpaired) electrons. The average Bonchev–Trinajstić information content (AvgIpc) is 2.70. The summed E-state index contributed by atoms with van der Waals surface area (Å²) >= 11 is 0. The van der Waals surface area contributed by atoms with Gasteiger partial charge in [-0.05, 0) is 19.1 Å². The van der Waals surface area contributed by atoms with E-state index in [0.29, 0.717) is 0 Å². The van der Waals surface area contributed by atoms with Crippen molar-refractivity contribution in [3.8, 4) is 5.82 Å². The molecule has 2 N–H and O–H groups in total. The fourth-order valence-corrected chi connectivity index (χ4v) is 1.35. The second-order valence-corrected chi connectivity index (χ2v) is 3.16. The van der Waals surface area contributed by atoms with Crippen LogP contribution < -0.4 is 5.73 Å². The standard InChI is InChI=1S/C10H12N4/c1-8(11)9-4-2-5-12-10(9)14-7-3-6-13-14/h2-8H,11H2,1H3/t8-/m0/s1. The van der Waals surface area contributed by atoms with Crippen LogP contribution in [-0.4, -0.2) is 14.8 Å². The number of rotatable bonds is 2. The molecule has 2 heterocycles. The van der Waals surface area contributed by atoms with Crippen molar-refractivity contribution in [3.05, 3.63) is 42.4 Å². The van der Waals surface area contributed by atoms with Crippen molar-refractivity contribution in [1.29, 1.82) is 0 Å². The molecule has 0 spiro atoms. The summed E-state index contributed by atoms with van der Waals surface area (Å²) in [4.78, 5) is 4.26. The molecule has 1 atom stereocenters. The average molecular weight is 188 g/mol. The largest absolute Gasteiger partial charge is 0.324 e. The Morgan fingerprint density at radius 1 is 1.36 bits per heavy atom. The summed E-state index contributed by atoms with van der Waals surface area (Å²) in [5.74, 6) is 0.799. The normalized spacial score (nSPS) is 12.7. The van der Waals surface area contributed by atoms with E-state index >= 15 is 0 Å². The lowest BCUT2D eigenvalue weighted by Crippen LogP contribution is -2.11. The van der Waals surface area contributed by atoms with Crippen LogP contribution >= 0.6 is 0 Å². The summed E-state index contributed by atoms with van der Waals surface area (Å²) < 4.78 is 1.72. The van der Waals surface area contributed by atoms with Crippen molar-refractivity contribution in [2.45, 2.75) is 13.0 Å². The molecule has 0 fully saturated rings. The molecule has 0 saturated carbocycles. The Balaban J connectivity index is 2.53. The molecular formula is C10H12N4. The van der Waals surface area contributed by atoms with Crippen LogP contribution in [0.5, 0.6) is 0 Å². The number of nitrogens with two attached hydrogens (primary N) is 1. The molecule has 2 aromatic rings. The zero-order valence-electron chi connectivity index (χ0n) is 7.96. The Bertz CT molecular complexity index is 406. The summed E-state index contributed by atoms with van der Waals surface area (Å²) in [5.41, 5.74) is 6.84. The lowest BCUT2D eigenvalue weighted by atomic mass is 10.1. The van der Waals surface area contributed by atoms with Gasteiger partial charge in [0, 0.05) is 30.2 Å². The van der Waals surface area contributed by atoms with Gasteiger partial charge in [0.2, 0.25) is 0 Å². The van der Waals surface area contributed by atoms with E-state index in [-0.39, 0.29) is 6.04 Å². The van der Waals surface area contributed by atoms with Crippen molar-refractivity contribution >= 4 is 0 Å². The molecule has 4 heteroatoms. The predicted molar refractivity (Wildman–Crippen MR) is 54.0 cm³/mol. The maximum Gasteiger partial charge on any atom is 0.158 e. The Hall–Kier alpha value is -1.68. The molecule has 14 heavy (non-hydrogen) atoms. The number of hydrogen-bond donors (Lipinski definition) is 1. The molecule has 0 saturated heterocycles. The molecule has 0 bridgehead atoms. The van der Waals surface area contributed by atoms with Crippen LogP contribution in [-0.2, 0) is 0 Å². The predicted octanol–water partition coefficient (Wildman–Crippen LogP) is 1.29. The highest BCUT2D eigenvalue weighted by Crippen LogP contribution is 2.15. The van der Waals surface area contributed by atoms with E-state index in [0.717, 1.165) is 11.4 Å². The van der Waals surface area contributed by atoms with Crippen LogP contribution in [0, 0.1) is 0 Å². The quantitative estimate of drug-likeness (QED) is 0.772. The summed E-state index contributed by atoms with van der Waals surface area (Å²) in [7, 11) is 0. The Morgan fingerprint density at radius 3 is 2.86 bits per heavy atom. The molecule has 0 aliphatic heterocycles. The summed E-state index contributed by atoms with van der Waals surface area (Å²) in [6.07, 6.45) is 5.32. The number of aromatic nitrogens is 3. The van der Waals surface area contributed by atoms with Gasteiger partial charge < -0.3 is 5.73 Å². The van der Waals surface area contributed by atoms with E-state index in [1.807, 2.05) is 31.3 Å². The van der Waals surface area contributed by atoms with E-state index in [2.05, 4.69) is 10.1 Å². The van der Waals surface area contributed by atoms with Crippen molar-refractivity contribution in [3.63, 3.8) is 0 Å².